The Kier molecular flexibility index (Phi) is 6.86. The van der Waals surface area contributed by atoms with Crippen molar-refractivity contribution in [3.63, 3.8) is 0 Å². The highest BCUT2D eigenvalue weighted by molar-refractivity contribution is 7.96. The van der Waals surface area contributed by atoms with Gasteiger partial charge in [-0.1, -0.05) is 80.9 Å². The lowest BCUT2D eigenvalue weighted by atomic mass is 9.84. The van der Waals surface area contributed by atoms with Crippen LogP contribution in [0.3, 0.4) is 0 Å². The van der Waals surface area contributed by atoms with E-state index in [9.17, 15) is 9.59 Å². The second kappa shape index (κ2) is 9.12. The van der Waals surface area contributed by atoms with Crippen molar-refractivity contribution >= 4 is 24.3 Å². The molecule has 0 N–H and O–H groups in total. The van der Waals surface area contributed by atoms with Crippen molar-refractivity contribution < 1.29 is 9.59 Å². The van der Waals surface area contributed by atoms with Crippen LogP contribution in [0.15, 0.2) is 54.6 Å². The molecule has 0 aliphatic carbocycles. The van der Waals surface area contributed by atoms with Crippen LogP contribution in [0.4, 0.5) is 0 Å². The Hall–Kier alpha value is -2.57. The van der Waals surface area contributed by atoms with Crippen LogP contribution in [0.2, 0.25) is 0 Å². The Morgan fingerprint density at radius 1 is 0.656 bits per heavy atom. The summed E-state index contributed by atoms with van der Waals surface area (Å²) in [5, 5.41) is 0.801. The largest absolute Gasteiger partial charge is 0.288 e. The monoisotopic (exact) mass is 444 g/mol. The fourth-order valence-corrected chi connectivity index (χ4v) is 6.66. The van der Waals surface area contributed by atoms with Gasteiger partial charge in [-0.15, -0.1) is 0 Å². The van der Waals surface area contributed by atoms with Gasteiger partial charge in [0.15, 0.2) is 11.0 Å². The molecule has 32 heavy (non-hydrogen) atoms. The number of carbonyl (C=O) groups is 2. The molecule has 3 aromatic rings. The van der Waals surface area contributed by atoms with E-state index in [1.54, 1.807) is 0 Å². The van der Waals surface area contributed by atoms with E-state index >= 15 is 0 Å². The minimum absolute atomic E-state index is 0.00674. The number of hydrogen-bond acceptors (Lipinski definition) is 2. The third-order valence-corrected chi connectivity index (χ3v) is 8.00. The second-order valence-corrected chi connectivity index (χ2v) is 11.8. The highest BCUT2D eigenvalue weighted by Crippen LogP contribution is 2.45. The van der Waals surface area contributed by atoms with Crippen molar-refractivity contribution in [2.24, 2.45) is 0 Å². The molecule has 0 amide bonds. The fraction of sp³-hybridized carbons (Fsp3) is 0.310. The summed E-state index contributed by atoms with van der Waals surface area (Å²) in [4.78, 5) is 28.0. The molecule has 3 rings (SSSR count). The molecular formula is C29H33O2P. The molecule has 0 spiro atoms. The van der Waals surface area contributed by atoms with Gasteiger partial charge in [-0.05, 0) is 73.2 Å². The van der Waals surface area contributed by atoms with E-state index in [0.717, 1.165) is 33.1 Å². The lowest BCUT2D eigenvalue weighted by molar-refractivity contribution is 0.105. The zero-order valence-electron chi connectivity index (χ0n) is 20.5. The molecule has 0 saturated heterocycles. The van der Waals surface area contributed by atoms with Gasteiger partial charge in [-0.3, -0.25) is 9.59 Å². The summed E-state index contributed by atoms with van der Waals surface area (Å²) in [5.74, 6) is 0. The molecule has 1 unspecified atom stereocenters. The zero-order valence-corrected chi connectivity index (χ0v) is 21.4. The van der Waals surface area contributed by atoms with Gasteiger partial charge < -0.3 is 0 Å². The van der Waals surface area contributed by atoms with E-state index in [1.807, 2.05) is 77.1 Å². The molecule has 2 nitrogen and oxygen atoms in total. The third kappa shape index (κ3) is 4.76. The summed E-state index contributed by atoms with van der Waals surface area (Å²) < 4.78 is 0. The van der Waals surface area contributed by atoms with Crippen LogP contribution in [-0.4, -0.2) is 11.0 Å². The standard InChI is InChI=1S/C29H33O2P/c1-18-14-19(2)25(20(3)15-18)27(30)32(24-12-10-9-11-13-24)28(31)26-21(4)16-23(17-22(26)5)29(6,7)8/h9-17H,1-8H3. The number of carbonyl (C=O) groups excluding carboxylic acids is 2. The maximum absolute atomic E-state index is 14.1. The molecule has 1 atom stereocenters. The molecule has 166 valence electrons. The topological polar surface area (TPSA) is 34.1 Å². The number of aryl methyl sites for hydroxylation is 5. The van der Waals surface area contributed by atoms with Crippen molar-refractivity contribution in [1.29, 1.82) is 0 Å². The quantitative estimate of drug-likeness (QED) is 0.387. The van der Waals surface area contributed by atoms with Gasteiger partial charge in [0.2, 0.25) is 0 Å². The van der Waals surface area contributed by atoms with Crippen LogP contribution >= 0.6 is 7.92 Å². The Labute approximate surface area is 193 Å². The summed E-state index contributed by atoms with van der Waals surface area (Å²) in [6.45, 7) is 16.4. The van der Waals surface area contributed by atoms with Crippen LogP contribution in [0.5, 0.6) is 0 Å². The first-order valence-electron chi connectivity index (χ1n) is 11.0. The first-order valence-corrected chi connectivity index (χ1v) is 12.4. The van der Waals surface area contributed by atoms with Crippen molar-refractivity contribution in [2.45, 2.75) is 60.8 Å². The first kappa shape index (κ1) is 24.1. The predicted molar refractivity (Wildman–Crippen MR) is 137 cm³/mol. The third-order valence-electron chi connectivity index (χ3n) is 5.92. The molecule has 0 saturated carbocycles. The summed E-state index contributed by atoms with van der Waals surface area (Å²) in [5.41, 5.74) is 7.29. The minimum Gasteiger partial charge on any atom is -0.288 e. The van der Waals surface area contributed by atoms with Crippen molar-refractivity contribution in [3.8, 4) is 0 Å². The molecule has 3 aromatic carbocycles. The zero-order chi connectivity index (χ0) is 23.8. The van der Waals surface area contributed by atoms with Gasteiger partial charge in [-0.2, -0.15) is 0 Å². The summed E-state index contributed by atoms with van der Waals surface area (Å²) in [7, 11) is -1.72. The molecule has 0 fully saturated rings. The predicted octanol–water partition coefficient (Wildman–Crippen LogP) is 7.31. The van der Waals surface area contributed by atoms with E-state index in [4.69, 9.17) is 0 Å². The van der Waals surface area contributed by atoms with Gasteiger partial charge in [0.05, 0.1) is 7.92 Å². The maximum atomic E-state index is 14.1. The van der Waals surface area contributed by atoms with Gasteiger partial charge >= 0.3 is 0 Å². The van der Waals surface area contributed by atoms with Crippen molar-refractivity contribution in [3.05, 3.63) is 99.1 Å². The second-order valence-electron chi connectivity index (χ2n) is 9.79. The smallest absolute Gasteiger partial charge is 0.197 e. The van der Waals surface area contributed by atoms with Gasteiger partial charge in [0, 0.05) is 11.1 Å². The van der Waals surface area contributed by atoms with Crippen LogP contribution in [0.1, 0.15) is 74.9 Å². The van der Waals surface area contributed by atoms with Gasteiger partial charge in [0.25, 0.3) is 0 Å². The average molecular weight is 445 g/mol. The van der Waals surface area contributed by atoms with Crippen molar-refractivity contribution in [1.82, 2.24) is 0 Å². The van der Waals surface area contributed by atoms with E-state index < -0.39 is 7.92 Å². The van der Waals surface area contributed by atoms with Crippen LogP contribution in [-0.2, 0) is 5.41 Å². The Balaban J connectivity index is 2.19. The lowest BCUT2D eigenvalue weighted by Gasteiger charge is -2.24. The van der Waals surface area contributed by atoms with E-state index in [0.29, 0.717) is 11.1 Å². The first-order chi connectivity index (χ1) is 14.9. The highest BCUT2D eigenvalue weighted by atomic mass is 31.1. The van der Waals surface area contributed by atoms with Crippen LogP contribution in [0, 0.1) is 34.6 Å². The Morgan fingerprint density at radius 2 is 1.06 bits per heavy atom. The van der Waals surface area contributed by atoms with Gasteiger partial charge in [-0.25, -0.2) is 0 Å². The van der Waals surface area contributed by atoms with Crippen molar-refractivity contribution in [2.75, 3.05) is 0 Å². The molecule has 0 bridgehead atoms. The van der Waals surface area contributed by atoms with Gasteiger partial charge in [0.1, 0.15) is 0 Å². The van der Waals surface area contributed by atoms with E-state index in [-0.39, 0.29) is 16.5 Å². The molecule has 0 aromatic heterocycles. The SMILES string of the molecule is Cc1cc(C)c(C(=O)P(C(=O)c2c(C)cc(C(C)(C)C)cc2C)c2ccccc2)c(C)c1. The van der Waals surface area contributed by atoms with E-state index in [1.165, 1.54) is 5.56 Å². The minimum atomic E-state index is -1.72. The highest BCUT2D eigenvalue weighted by Gasteiger charge is 2.33. The maximum Gasteiger partial charge on any atom is 0.197 e. The molecule has 0 radical (unpaired) electrons. The summed E-state index contributed by atoms with van der Waals surface area (Å²) >= 11 is 0. The molecule has 0 aliphatic rings. The summed E-state index contributed by atoms with van der Waals surface area (Å²) in [6, 6.07) is 17.8. The molecule has 3 heteroatoms. The Morgan fingerprint density at radius 3 is 1.47 bits per heavy atom. The lowest BCUT2D eigenvalue weighted by Crippen LogP contribution is -2.20. The van der Waals surface area contributed by atoms with E-state index in [2.05, 4.69) is 32.9 Å². The number of hydrogen-bond donors (Lipinski definition) is 0. The molecule has 0 aliphatic heterocycles. The fourth-order valence-electron chi connectivity index (χ4n) is 4.38. The van der Waals surface area contributed by atoms with Crippen LogP contribution in [0.25, 0.3) is 0 Å². The van der Waals surface area contributed by atoms with Crippen LogP contribution < -0.4 is 5.30 Å². The number of benzene rings is 3. The molecular weight excluding hydrogens is 411 g/mol. The molecule has 0 heterocycles. The Bertz CT molecular complexity index is 1140. The summed E-state index contributed by atoms with van der Waals surface area (Å²) in [6.07, 6.45) is 0. The average Bonchev–Trinajstić information content (AvgIpc) is 2.67. The normalized spacial score (nSPS) is 12.5. The number of rotatable bonds is 5.